The zero-order valence-electron chi connectivity index (χ0n) is 10.9. The van der Waals surface area contributed by atoms with E-state index in [0.717, 1.165) is 6.42 Å². The number of rotatable bonds is 6. The minimum absolute atomic E-state index is 0.204. The Hall–Kier alpha value is -0.720. The van der Waals surface area contributed by atoms with E-state index in [-0.39, 0.29) is 5.41 Å². The van der Waals surface area contributed by atoms with E-state index >= 15 is 0 Å². The number of unbranched alkanes of at least 4 members (excludes halogenated alkanes) is 3. The Morgan fingerprint density at radius 3 is 2.62 bits per heavy atom. The Labute approximate surface area is 100 Å². The summed E-state index contributed by atoms with van der Waals surface area (Å²) in [5, 5.41) is 9.52. The zero-order valence-corrected chi connectivity index (χ0v) is 10.9. The summed E-state index contributed by atoms with van der Waals surface area (Å²) in [4.78, 5) is 0. The van der Waals surface area contributed by atoms with Crippen molar-refractivity contribution >= 4 is 0 Å². The van der Waals surface area contributed by atoms with Crippen LogP contribution in [0, 0.1) is 11.8 Å². The van der Waals surface area contributed by atoms with Crippen molar-refractivity contribution in [2.45, 2.75) is 59.3 Å². The molecule has 0 aromatic heterocycles. The molecule has 16 heavy (non-hydrogen) atoms. The van der Waals surface area contributed by atoms with Gasteiger partial charge in [0.1, 0.15) is 0 Å². The van der Waals surface area contributed by atoms with E-state index in [1.54, 1.807) is 0 Å². The summed E-state index contributed by atoms with van der Waals surface area (Å²) in [6.45, 7) is 6.80. The number of allylic oxidation sites excluding steroid dienone is 4. The van der Waals surface area contributed by atoms with Gasteiger partial charge in [-0.25, -0.2) is 0 Å². The molecule has 1 nitrogen and oxygen atoms in total. The molecule has 0 aromatic rings. The third-order valence-electron chi connectivity index (χ3n) is 3.40. The molecule has 0 saturated heterocycles. The highest BCUT2D eigenvalue weighted by Gasteiger charge is 2.23. The number of hydrogen-bond acceptors (Lipinski definition) is 1. The summed E-state index contributed by atoms with van der Waals surface area (Å²) in [5.41, 5.74) is 1.50. The third kappa shape index (κ3) is 4.03. The quantitative estimate of drug-likeness (QED) is 0.628. The summed E-state index contributed by atoms with van der Waals surface area (Å²) in [6.07, 6.45) is 13.3. The second-order valence-corrected chi connectivity index (χ2v) is 5.36. The van der Waals surface area contributed by atoms with Crippen molar-refractivity contribution in [3.8, 4) is 0 Å². The van der Waals surface area contributed by atoms with E-state index in [1.165, 1.54) is 37.7 Å². The van der Waals surface area contributed by atoms with Crippen LogP contribution in [0.25, 0.3) is 0 Å². The summed E-state index contributed by atoms with van der Waals surface area (Å²) in [5.74, 6) is 0.430. The first-order valence-electron chi connectivity index (χ1n) is 6.51. The van der Waals surface area contributed by atoms with Gasteiger partial charge in [-0.15, -0.1) is 0 Å². The Bertz CT molecular complexity index is 271. The van der Waals surface area contributed by atoms with Crippen LogP contribution in [0.5, 0.6) is 0 Å². The van der Waals surface area contributed by atoms with Gasteiger partial charge in [0.05, 0.1) is 5.76 Å². The molecule has 1 aliphatic carbocycles. The molecule has 0 aliphatic heterocycles. The van der Waals surface area contributed by atoms with Crippen LogP contribution in [0.3, 0.4) is 0 Å². The van der Waals surface area contributed by atoms with Gasteiger partial charge < -0.3 is 5.11 Å². The topological polar surface area (TPSA) is 20.2 Å². The molecular weight excluding hydrogens is 196 g/mol. The molecule has 1 N–H and O–H groups in total. The van der Waals surface area contributed by atoms with Crippen LogP contribution in [-0.4, -0.2) is 5.11 Å². The highest BCUT2D eigenvalue weighted by Crippen LogP contribution is 2.36. The van der Waals surface area contributed by atoms with Crippen molar-refractivity contribution in [3.63, 3.8) is 0 Å². The monoisotopic (exact) mass is 221 g/mol. The van der Waals surface area contributed by atoms with Gasteiger partial charge in [-0.05, 0) is 29.9 Å². The number of aliphatic hydroxyl groups excluding tert-OH is 1. The lowest BCUT2D eigenvalue weighted by molar-refractivity contribution is 0.377. The highest BCUT2D eigenvalue weighted by molar-refractivity contribution is 5.33. The number of hydrogen-bond donors (Lipinski definition) is 1. The van der Waals surface area contributed by atoms with E-state index < -0.39 is 0 Å². The molecule has 0 amide bonds. The minimum atomic E-state index is 0.204. The van der Waals surface area contributed by atoms with Crippen LogP contribution in [-0.2, 0) is 0 Å². The van der Waals surface area contributed by atoms with E-state index in [9.17, 15) is 5.11 Å². The fraction of sp³-hybridized carbons (Fsp3) is 0.667. The van der Waals surface area contributed by atoms with Crippen molar-refractivity contribution in [1.82, 2.24) is 0 Å². The van der Waals surface area contributed by atoms with Crippen molar-refractivity contribution in [2.24, 2.45) is 5.41 Å². The highest BCUT2D eigenvalue weighted by atomic mass is 16.3. The lowest BCUT2D eigenvalue weighted by atomic mass is 9.77. The summed E-state index contributed by atoms with van der Waals surface area (Å²) in [7, 11) is 0. The molecule has 0 unspecified atom stereocenters. The maximum absolute atomic E-state index is 9.52. The first-order valence-corrected chi connectivity index (χ1v) is 6.51. The van der Waals surface area contributed by atoms with Gasteiger partial charge in [0.25, 0.3) is 0 Å². The zero-order chi connectivity index (χ0) is 12.0. The van der Waals surface area contributed by atoms with E-state index in [0.29, 0.717) is 5.76 Å². The smallest absolute Gasteiger partial charge is 0.0966 e. The lowest BCUT2D eigenvalue weighted by Crippen LogP contribution is -2.15. The van der Waals surface area contributed by atoms with Crippen molar-refractivity contribution in [3.05, 3.63) is 29.9 Å². The third-order valence-corrected chi connectivity index (χ3v) is 3.40. The van der Waals surface area contributed by atoms with E-state index in [4.69, 9.17) is 0 Å². The molecule has 1 heteroatoms. The van der Waals surface area contributed by atoms with Crippen LogP contribution < -0.4 is 0 Å². The molecule has 1 rings (SSSR count). The predicted molar refractivity (Wildman–Crippen MR) is 70.3 cm³/mol. The van der Waals surface area contributed by atoms with Crippen LogP contribution in [0.2, 0.25) is 0 Å². The SMILES string of the molecule is CCCCCCC(C)(C)C1=CC[CH]C(O)=C1. The minimum Gasteiger partial charge on any atom is -0.512 e. The Kier molecular flexibility index (Phi) is 5.11. The van der Waals surface area contributed by atoms with Gasteiger partial charge in [0.2, 0.25) is 0 Å². The fourth-order valence-corrected chi connectivity index (χ4v) is 2.19. The molecule has 0 fully saturated rings. The lowest BCUT2D eigenvalue weighted by Gasteiger charge is -2.28. The molecule has 1 aliphatic rings. The number of aliphatic hydroxyl groups is 1. The first-order chi connectivity index (χ1) is 7.56. The first kappa shape index (κ1) is 13.3. The second-order valence-electron chi connectivity index (χ2n) is 5.36. The Morgan fingerprint density at radius 2 is 2.00 bits per heavy atom. The molecule has 0 atom stereocenters. The maximum atomic E-state index is 9.52. The van der Waals surface area contributed by atoms with E-state index in [2.05, 4.69) is 26.8 Å². The largest absolute Gasteiger partial charge is 0.512 e. The molecular formula is C15H25O. The van der Waals surface area contributed by atoms with Gasteiger partial charge in [-0.3, -0.25) is 0 Å². The van der Waals surface area contributed by atoms with Crippen LogP contribution in [0.4, 0.5) is 0 Å². The maximum Gasteiger partial charge on any atom is 0.0966 e. The molecule has 0 spiro atoms. The summed E-state index contributed by atoms with van der Waals surface area (Å²) < 4.78 is 0. The molecule has 0 bridgehead atoms. The van der Waals surface area contributed by atoms with Crippen molar-refractivity contribution < 1.29 is 5.11 Å². The average molecular weight is 221 g/mol. The second kappa shape index (κ2) is 6.12. The van der Waals surface area contributed by atoms with Crippen molar-refractivity contribution in [2.75, 3.05) is 0 Å². The average Bonchev–Trinajstić information content (AvgIpc) is 2.24. The van der Waals surface area contributed by atoms with Crippen LogP contribution in [0.1, 0.15) is 59.3 Å². The Balaban J connectivity index is 2.46. The van der Waals surface area contributed by atoms with Crippen LogP contribution in [0.15, 0.2) is 23.5 Å². The van der Waals surface area contributed by atoms with Gasteiger partial charge in [0.15, 0.2) is 0 Å². The van der Waals surface area contributed by atoms with Gasteiger partial charge in [-0.1, -0.05) is 52.5 Å². The normalized spacial score (nSPS) is 16.9. The van der Waals surface area contributed by atoms with E-state index in [1.807, 2.05) is 12.5 Å². The summed E-state index contributed by atoms with van der Waals surface area (Å²) >= 11 is 0. The molecule has 0 aromatic carbocycles. The van der Waals surface area contributed by atoms with Gasteiger partial charge in [-0.2, -0.15) is 0 Å². The van der Waals surface area contributed by atoms with Crippen LogP contribution >= 0.6 is 0 Å². The molecule has 91 valence electrons. The Morgan fingerprint density at radius 1 is 1.25 bits per heavy atom. The molecule has 0 saturated carbocycles. The van der Waals surface area contributed by atoms with Gasteiger partial charge in [0, 0.05) is 6.42 Å². The molecule has 1 radical (unpaired) electrons. The predicted octanol–water partition coefficient (Wildman–Crippen LogP) is 4.96. The van der Waals surface area contributed by atoms with Crippen molar-refractivity contribution in [1.29, 1.82) is 0 Å². The molecule has 0 heterocycles. The standard InChI is InChI=1S/C15H25O/c1-4-5-6-7-11-15(2,3)13-9-8-10-14(16)12-13/h9-10,12,16H,4-8,11H2,1-3H3. The summed E-state index contributed by atoms with van der Waals surface area (Å²) in [6, 6.07) is 0. The van der Waals surface area contributed by atoms with Gasteiger partial charge >= 0.3 is 0 Å². The fourth-order valence-electron chi connectivity index (χ4n) is 2.19.